The Hall–Kier alpha value is -2.24. The second kappa shape index (κ2) is 11.8. The minimum atomic E-state index is -0.571. The smallest absolute Gasteiger partial charge is 0.242 e. The molecule has 7 heteroatoms. The molecule has 0 spiro atoms. The van der Waals surface area contributed by atoms with Crippen molar-refractivity contribution in [3.8, 4) is 5.75 Å². The molecule has 1 atom stereocenters. The highest BCUT2D eigenvalue weighted by atomic mass is 35.5. The summed E-state index contributed by atoms with van der Waals surface area (Å²) in [7, 11) is 1.60. The van der Waals surface area contributed by atoms with Gasteiger partial charge in [0.25, 0.3) is 0 Å². The predicted molar refractivity (Wildman–Crippen MR) is 121 cm³/mol. The van der Waals surface area contributed by atoms with E-state index in [4.69, 9.17) is 27.9 Å². The zero-order chi connectivity index (χ0) is 22.1. The summed E-state index contributed by atoms with van der Waals surface area (Å²) in [6, 6.07) is 12.1. The Morgan fingerprint density at radius 3 is 2.47 bits per heavy atom. The number of carbonyl (C=O) groups excluding carboxylic acids is 2. The largest absolute Gasteiger partial charge is 0.497 e. The molecule has 2 aromatic rings. The fourth-order valence-electron chi connectivity index (χ4n) is 3.18. The summed E-state index contributed by atoms with van der Waals surface area (Å²) in [5.41, 5.74) is 1.63. The molecular weight excluding hydrogens is 423 g/mol. The van der Waals surface area contributed by atoms with Crippen LogP contribution in [0.3, 0.4) is 0 Å². The second-order valence-electron chi connectivity index (χ2n) is 7.01. The molecule has 0 aliphatic rings. The Kier molecular flexibility index (Phi) is 9.47. The van der Waals surface area contributed by atoms with Gasteiger partial charge in [-0.15, -0.1) is 0 Å². The number of hydrogen-bond donors (Lipinski definition) is 1. The van der Waals surface area contributed by atoms with E-state index in [0.717, 1.165) is 17.5 Å². The lowest BCUT2D eigenvalue weighted by Crippen LogP contribution is -2.49. The summed E-state index contributed by atoms with van der Waals surface area (Å²) in [6.07, 6.45) is 1.46. The van der Waals surface area contributed by atoms with Crippen LogP contribution in [0.5, 0.6) is 5.75 Å². The predicted octanol–water partition coefficient (Wildman–Crippen LogP) is 4.88. The fourth-order valence-corrected chi connectivity index (χ4v) is 3.50. The van der Waals surface area contributed by atoms with Crippen LogP contribution >= 0.6 is 23.2 Å². The van der Waals surface area contributed by atoms with E-state index in [0.29, 0.717) is 35.3 Å². The summed E-state index contributed by atoms with van der Waals surface area (Å²) in [6.45, 7) is 4.77. The van der Waals surface area contributed by atoms with E-state index in [2.05, 4.69) is 5.32 Å². The van der Waals surface area contributed by atoms with E-state index < -0.39 is 6.04 Å². The van der Waals surface area contributed by atoms with E-state index in [-0.39, 0.29) is 18.2 Å². The highest BCUT2D eigenvalue weighted by molar-refractivity contribution is 6.42. The number of halogens is 2. The molecule has 2 rings (SSSR count). The average molecular weight is 451 g/mol. The molecule has 0 aliphatic heterocycles. The van der Waals surface area contributed by atoms with Crippen LogP contribution in [0, 0.1) is 0 Å². The van der Waals surface area contributed by atoms with Crippen LogP contribution in [0.25, 0.3) is 0 Å². The van der Waals surface area contributed by atoms with Crippen molar-refractivity contribution in [1.82, 2.24) is 10.2 Å². The molecule has 162 valence electrons. The fraction of sp³-hybridized carbons (Fsp3) is 0.391. The molecule has 0 bridgehead atoms. The van der Waals surface area contributed by atoms with Crippen molar-refractivity contribution in [3.05, 3.63) is 63.6 Å². The average Bonchev–Trinajstić information content (AvgIpc) is 2.74. The zero-order valence-corrected chi connectivity index (χ0v) is 19.1. The zero-order valence-electron chi connectivity index (χ0n) is 17.6. The molecule has 0 fully saturated rings. The van der Waals surface area contributed by atoms with Gasteiger partial charge in [0.15, 0.2) is 0 Å². The number of nitrogens with one attached hydrogen (secondary N) is 1. The second-order valence-corrected chi connectivity index (χ2v) is 7.83. The van der Waals surface area contributed by atoms with Gasteiger partial charge in [0, 0.05) is 13.1 Å². The van der Waals surface area contributed by atoms with E-state index in [1.807, 2.05) is 38.1 Å². The first-order valence-corrected chi connectivity index (χ1v) is 10.8. The maximum absolute atomic E-state index is 13.3. The van der Waals surface area contributed by atoms with Crippen LogP contribution in [0.1, 0.15) is 37.8 Å². The van der Waals surface area contributed by atoms with Gasteiger partial charge in [-0.05, 0) is 48.2 Å². The van der Waals surface area contributed by atoms with Crippen LogP contribution in [0.2, 0.25) is 10.0 Å². The van der Waals surface area contributed by atoms with Crippen molar-refractivity contribution >= 4 is 35.0 Å². The number of benzene rings is 2. The maximum atomic E-state index is 13.3. The number of ether oxygens (including phenoxy) is 1. The van der Waals surface area contributed by atoms with Gasteiger partial charge >= 0.3 is 0 Å². The Balaban J connectivity index is 2.30. The lowest BCUT2D eigenvalue weighted by molar-refractivity contribution is -0.140. The van der Waals surface area contributed by atoms with Gasteiger partial charge in [-0.1, -0.05) is 55.2 Å². The SMILES string of the molecule is CCCNC(=O)[C@H](CC)N(Cc1cccc(OC)c1)C(=O)Cc1ccc(Cl)c(Cl)c1. The minimum Gasteiger partial charge on any atom is -0.497 e. The molecule has 0 saturated heterocycles. The molecule has 1 N–H and O–H groups in total. The maximum Gasteiger partial charge on any atom is 0.242 e. The molecular formula is C23H28Cl2N2O3. The van der Waals surface area contributed by atoms with Gasteiger partial charge in [0.05, 0.1) is 23.6 Å². The first-order chi connectivity index (χ1) is 14.4. The van der Waals surface area contributed by atoms with Crippen molar-refractivity contribution in [2.45, 2.75) is 45.7 Å². The number of carbonyl (C=O) groups is 2. The normalized spacial score (nSPS) is 11.6. The quantitative estimate of drug-likeness (QED) is 0.560. The molecule has 0 heterocycles. The van der Waals surface area contributed by atoms with Crippen LogP contribution in [-0.2, 0) is 22.6 Å². The van der Waals surface area contributed by atoms with Crippen LogP contribution < -0.4 is 10.1 Å². The third-order valence-electron chi connectivity index (χ3n) is 4.76. The van der Waals surface area contributed by atoms with Crippen molar-refractivity contribution < 1.29 is 14.3 Å². The van der Waals surface area contributed by atoms with Crippen molar-refractivity contribution in [1.29, 1.82) is 0 Å². The van der Waals surface area contributed by atoms with Crippen molar-refractivity contribution in [2.75, 3.05) is 13.7 Å². The van der Waals surface area contributed by atoms with Gasteiger partial charge < -0.3 is 15.0 Å². The monoisotopic (exact) mass is 450 g/mol. The molecule has 0 saturated carbocycles. The summed E-state index contributed by atoms with van der Waals surface area (Å²) in [4.78, 5) is 27.7. The first-order valence-electron chi connectivity index (χ1n) is 10.0. The standard InChI is InChI=1S/C23H28Cl2N2O3/c1-4-11-26-23(29)21(5-2)27(15-17-7-6-8-18(12-17)30-3)22(28)14-16-9-10-19(24)20(25)13-16/h6-10,12-13,21H,4-5,11,14-15H2,1-3H3,(H,26,29)/t21-/m0/s1. The summed E-state index contributed by atoms with van der Waals surface area (Å²) >= 11 is 12.1. The summed E-state index contributed by atoms with van der Waals surface area (Å²) in [5.74, 6) is 0.396. The minimum absolute atomic E-state index is 0.123. The molecule has 0 unspecified atom stereocenters. The summed E-state index contributed by atoms with van der Waals surface area (Å²) < 4.78 is 5.29. The third-order valence-corrected chi connectivity index (χ3v) is 5.50. The number of amides is 2. The van der Waals surface area contributed by atoms with Crippen LogP contribution in [0.4, 0.5) is 0 Å². The van der Waals surface area contributed by atoms with E-state index >= 15 is 0 Å². The van der Waals surface area contributed by atoms with E-state index in [9.17, 15) is 9.59 Å². The van der Waals surface area contributed by atoms with Crippen molar-refractivity contribution in [3.63, 3.8) is 0 Å². The highest BCUT2D eigenvalue weighted by Crippen LogP contribution is 2.24. The number of rotatable bonds is 10. The number of hydrogen-bond acceptors (Lipinski definition) is 3. The Morgan fingerprint density at radius 2 is 1.83 bits per heavy atom. The van der Waals surface area contributed by atoms with Gasteiger partial charge in [0.1, 0.15) is 11.8 Å². The Morgan fingerprint density at radius 1 is 1.07 bits per heavy atom. The Labute approximate surface area is 188 Å². The van der Waals surface area contributed by atoms with E-state index in [1.54, 1.807) is 30.2 Å². The van der Waals surface area contributed by atoms with Gasteiger partial charge in [-0.3, -0.25) is 9.59 Å². The van der Waals surface area contributed by atoms with Gasteiger partial charge in [-0.25, -0.2) is 0 Å². The molecule has 0 aliphatic carbocycles. The highest BCUT2D eigenvalue weighted by Gasteiger charge is 2.28. The first kappa shape index (κ1) is 24.0. The number of methoxy groups -OCH3 is 1. The molecule has 5 nitrogen and oxygen atoms in total. The van der Waals surface area contributed by atoms with Crippen LogP contribution in [-0.4, -0.2) is 36.4 Å². The van der Waals surface area contributed by atoms with Crippen molar-refractivity contribution in [2.24, 2.45) is 0 Å². The molecule has 0 radical (unpaired) electrons. The lowest BCUT2D eigenvalue weighted by atomic mass is 10.1. The van der Waals surface area contributed by atoms with Crippen LogP contribution in [0.15, 0.2) is 42.5 Å². The molecule has 2 amide bonds. The lowest BCUT2D eigenvalue weighted by Gasteiger charge is -2.31. The number of nitrogens with zero attached hydrogens (tertiary/aromatic N) is 1. The van der Waals surface area contributed by atoms with Gasteiger partial charge in [0.2, 0.25) is 11.8 Å². The summed E-state index contributed by atoms with van der Waals surface area (Å²) in [5, 5.41) is 3.75. The topological polar surface area (TPSA) is 58.6 Å². The third kappa shape index (κ3) is 6.64. The Bertz CT molecular complexity index is 873. The molecule has 30 heavy (non-hydrogen) atoms. The van der Waals surface area contributed by atoms with Gasteiger partial charge in [-0.2, -0.15) is 0 Å². The molecule has 2 aromatic carbocycles. The van der Waals surface area contributed by atoms with E-state index in [1.165, 1.54) is 0 Å². The molecule has 0 aromatic heterocycles.